The van der Waals surface area contributed by atoms with Gasteiger partial charge in [0.15, 0.2) is 12.2 Å². The van der Waals surface area contributed by atoms with E-state index >= 15 is 0 Å². The lowest BCUT2D eigenvalue weighted by Crippen LogP contribution is -2.26. The highest BCUT2D eigenvalue weighted by molar-refractivity contribution is 5.73. The zero-order chi connectivity index (χ0) is 29.0. The van der Waals surface area contributed by atoms with Gasteiger partial charge in [-0.05, 0) is 85.4 Å². The van der Waals surface area contributed by atoms with Gasteiger partial charge in [-0.2, -0.15) is 0 Å². The van der Waals surface area contributed by atoms with Crippen LogP contribution in [0.15, 0.2) is 72.8 Å². The molecule has 0 amide bonds. The third-order valence-electron chi connectivity index (χ3n) is 5.28. The molecule has 2 N–H and O–H groups in total. The van der Waals surface area contributed by atoms with Gasteiger partial charge in [0.1, 0.15) is 24.7 Å². The number of hydrogen-bond donors (Lipinski definition) is 2. The van der Waals surface area contributed by atoms with Crippen LogP contribution in [0, 0.1) is 23.7 Å². The van der Waals surface area contributed by atoms with Crippen LogP contribution in [0.1, 0.15) is 25.0 Å². The molecule has 8 heteroatoms. The van der Waals surface area contributed by atoms with Crippen LogP contribution in [0.25, 0.3) is 0 Å². The largest absolute Gasteiger partial charge is 0.490 e. The van der Waals surface area contributed by atoms with Gasteiger partial charge in [0.25, 0.3) is 0 Å². The fraction of sp³-hybridized carbons (Fsp3) is 0.312. The first kappa shape index (κ1) is 31.7. The summed E-state index contributed by atoms with van der Waals surface area (Å²) in [7, 11) is 0. The maximum atomic E-state index is 11.2. The predicted octanol–water partition coefficient (Wildman–Crippen LogP) is 4.33. The van der Waals surface area contributed by atoms with Gasteiger partial charge in [0.2, 0.25) is 0 Å². The van der Waals surface area contributed by atoms with Crippen molar-refractivity contribution in [3.8, 4) is 35.2 Å². The number of rotatable bonds is 16. The van der Waals surface area contributed by atoms with Crippen molar-refractivity contribution >= 4 is 11.9 Å². The minimum Gasteiger partial charge on any atom is -0.490 e. The van der Waals surface area contributed by atoms with Crippen molar-refractivity contribution in [2.45, 2.75) is 38.9 Å². The standard InChI is InChI=1S/C32H34O8/c1-3-37-29(31(33)34)23-25-13-17-27(18-14-25)39-21-11-9-7-5-6-8-10-12-22-40-28-19-15-26(16-20-28)24-30(32(35)36)38-4-2/h9-20,29-30H,3-4,21-24H2,1-2H3,(H,33,34)(H,35,36)/b11-9+,12-10+/t29-,30-/m1/s1. The van der Waals surface area contributed by atoms with E-state index in [9.17, 15) is 19.8 Å². The SMILES string of the molecule is CCO[C@H](Cc1ccc(OC/C=C/C#CC#C/C=C/COc2ccc(C[C@@H](OCC)C(=O)O)cc2)cc1)C(=O)O. The van der Waals surface area contributed by atoms with Crippen molar-refractivity contribution in [2.24, 2.45) is 0 Å². The van der Waals surface area contributed by atoms with E-state index in [1.54, 1.807) is 62.4 Å². The topological polar surface area (TPSA) is 112 Å². The number of ether oxygens (including phenoxy) is 4. The summed E-state index contributed by atoms with van der Waals surface area (Å²) < 4.78 is 21.7. The van der Waals surface area contributed by atoms with Crippen molar-refractivity contribution in [2.75, 3.05) is 26.4 Å². The number of aliphatic carboxylic acids is 2. The smallest absolute Gasteiger partial charge is 0.333 e. The minimum atomic E-state index is -0.977. The van der Waals surface area contributed by atoms with E-state index in [0.29, 0.717) is 50.8 Å². The Hall–Kier alpha value is -4.50. The van der Waals surface area contributed by atoms with E-state index in [0.717, 1.165) is 11.1 Å². The molecule has 0 saturated carbocycles. The van der Waals surface area contributed by atoms with Crippen LogP contribution in [0.5, 0.6) is 11.5 Å². The molecule has 2 atom stereocenters. The van der Waals surface area contributed by atoms with Crippen LogP contribution >= 0.6 is 0 Å². The summed E-state index contributed by atoms with van der Waals surface area (Å²) in [5, 5.41) is 18.4. The number of benzene rings is 2. The molecule has 2 aromatic carbocycles. The third-order valence-corrected chi connectivity index (χ3v) is 5.28. The summed E-state index contributed by atoms with van der Waals surface area (Å²) in [4.78, 5) is 22.4. The van der Waals surface area contributed by atoms with E-state index < -0.39 is 24.1 Å². The van der Waals surface area contributed by atoms with Crippen LogP contribution in [0.4, 0.5) is 0 Å². The Morgan fingerprint density at radius 1 is 0.700 bits per heavy atom. The van der Waals surface area contributed by atoms with Crippen molar-refractivity contribution in [3.05, 3.63) is 84.0 Å². The molecule has 40 heavy (non-hydrogen) atoms. The Labute approximate surface area is 235 Å². The van der Waals surface area contributed by atoms with E-state index in [1.807, 2.05) is 24.3 Å². The fourth-order valence-electron chi connectivity index (χ4n) is 3.37. The third kappa shape index (κ3) is 12.8. The van der Waals surface area contributed by atoms with Gasteiger partial charge in [0.05, 0.1) is 0 Å². The second-order valence-electron chi connectivity index (χ2n) is 8.23. The second-order valence-corrected chi connectivity index (χ2v) is 8.23. The molecule has 0 aliphatic carbocycles. The molecule has 0 radical (unpaired) electrons. The van der Waals surface area contributed by atoms with Crippen molar-refractivity contribution in [1.82, 2.24) is 0 Å². The summed E-state index contributed by atoms with van der Waals surface area (Å²) >= 11 is 0. The maximum absolute atomic E-state index is 11.2. The Balaban J connectivity index is 1.66. The number of hydrogen-bond acceptors (Lipinski definition) is 6. The van der Waals surface area contributed by atoms with Crippen LogP contribution in [-0.4, -0.2) is 60.8 Å². The highest BCUT2D eigenvalue weighted by Gasteiger charge is 2.18. The Morgan fingerprint density at radius 2 is 1.07 bits per heavy atom. The van der Waals surface area contributed by atoms with Gasteiger partial charge in [-0.3, -0.25) is 0 Å². The van der Waals surface area contributed by atoms with E-state index in [1.165, 1.54) is 0 Å². The Kier molecular flexibility index (Phi) is 14.8. The van der Waals surface area contributed by atoms with Gasteiger partial charge in [0, 0.05) is 26.1 Å². The van der Waals surface area contributed by atoms with Crippen molar-refractivity contribution in [1.29, 1.82) is 0 Å². The lowest BCUT2D eigenvalue weighted by molar-refractivity contribution is -0.150. The molecule has 0 spiro atoms. The number of allylic oxidation sites excluding steroid dienone is 2. The zero-order valence-electron chi connectivity index (χ0n) is 22.7. The number of carbonyl (C=O) groups is 2. The maximum Gasteiger partial charge on any atom is 0.333 e. The monoisotopic (exact) mass is 546 g/mol. The number of carboxylic acid groups (broad SMARTS) is 2. The van der Waals surface area contributed by atoms with Gasteiger partial charge in [-0.15, -0.1) is 0 Å². The zero-order valence-corrected chi connectivity index (χ0v) is 22.7. The van der Waals surface area contributed by atoms with E-state index in [-0.39, 0.29) is 0 Å². The first-order valence-electron chi connectivity index (χ1n) is 12.9. The molecule has 2 rings (SSSR count). The van der Waals surface area contributed by atoms with Gasteiger partial charge < -0.3 is 29.2 Å². The number of carboxylic acids is 2. The molecule has 0 bridgehead atoms. The fourth-order valence-corrected chi connectivity index (χ4v) is 3.37. The molecule has 8 nitrogen and oxygen atoms in total. The highest BCUT2D eigenvalue weighted by atomic mass is 16.5. The molecule has 2 aromatic rings. The van der Waals surface area contributed by atoms with Crippen LogP contribution in [0.3, 0.4) is 0 Å². The average Bonchev–Trinajstić information content (AvgIpc) is 2.94. The summed E-state index contributed by atoms with van der Waals surface area (Å²) in [5.41, 5.74) is 1.71. The van der Waals surface area contributed by atoms with Gasteiger partial charge >= 0.3 is 11.9 Å². The first-order chi connectivity index (χ1) is 19.4. The average molecular weight is 547 g/mol. The molecular formula is C32H34O8. The lowest BCUT2D eigenvalue weighted by atomic mass is 10.1. The molecule has 0 saturated heterocycles. The molecule has 0 aliphatic heterocycles. The predicted molar refractivity (Wildman–Crippen MR) is 151 cm³/mol. The van der Waals surface area contributed by atoms with E-state index in [4.69, 9.17) is 18.9 Å². The van der Waals surface area contributed by atoms with Crippen molar-refractivity contribution in [3.63, 3.8) is 0 Å². The van der Waals surface area contributed by atoms with Gasteiger partial charge in [-0.25, -0.2) is 9.59 Å². The molecule has 0 unspecified atom stereocenters. The second kappa shape index (κ2) is 18.7. The van der Waals surface area contributed by atoms with Crippen LogP contribution in [0.2, 0.25) is 0 Å². The summed E-state index contributed by atoms with van der Waals surface area (Å²) in [6.07, 6.45) is 5.73. The minimum absolute atomic E-state index is 0.295. The molecule has 0 fully saturated rings. The van der Waals surface area contributed by atoms with Crippen molar-refractivity contribution < 1.29 is 38.7 Å². The molecule has 210 valence electrons. The molecule has 0 heterocycles. The Morgan fingerprint density at radius 3 is 1.40 bits per heavy atom. The molecule has 0 aromatic heterocycles. The lowest BCUT2D eigenvalue weighted by Gasteiger charge is -2.12. The normalized spacial score (nSPS) is 12.2. The van der Waals surface area contributed by atoms with E-state index in [2.05, 4.69) is 23.7 Å². The summed E-state index contributed by atoms with van der Waals surface area (Å²) in [6, 6.07) is 14.4. The summed E-state index contributed by atoms with van der Waals surface area (Å²) in [5.74, 6) is 10.4. The van der Waals surface area contributed by atoms with Gasteiger partial charge in [-0.1, -0.05) is 36.1 Å². The Bertz CT molecular complexity index is 1140. The summed E-state index contributed by atoms with van der Waals surface area (Å²) in [6.45, 7) is 4.90. The first-order valence-corrected chi connectivity index (χ1v) is 12.9. The molecule has 0 aliphatic rings. The van der Waals surface area contributed by atoms with Crippen LogP contribution < -0.4 is 9.47 Å². The molecular weight excluding hydrogens is 512 g/mol. The quantitative estimate of drug-likeness (QED) is 0.300. The highest BCUT2D eigenvalue weighted by Crippen LogP contribution is 2.16. The van der Waals surface area contributed by atoms with Crippen LogP contribution in [-0.2, 0) is 31.9 Å².